The molecule has 0 aliphatic carbocycles. The lowest BCUT2D eigenvalue weighted by molar-refractivity contribution is -0.330. The highest BCUT2D eigenvalue weighted by Crippen LogP contribution is 2.26. The summed E-state index contributed by atoms with van der Waals surface area (Å²) in [6, 6.07) is 9.77. The molecule has 2 unspecified atom stereocenters. The third-order valence-corrected chi connectivity index (χ3v) is 1.96. The van der Waals surface area contributed by atoms with Crippen molar-refractivity contribution in [1.29, 1.82) is 0 Å². The number of ether oxygens (including phenoxy) is 1. The Morgan fingerprint density at radius 1 is 1.15 bits per heavy atom. The highest BCUT2D eigenvalue weighted by molar-refractivity contribution is 5.23. The van der Waals surface area contributed by atoms with Gasteiger partial charge in [-0.25, -0.2) is 10.1 Å². The van der Waals surface area contributed by atoms with Crippen LogP contribution < -0.4 is 0 Å². The van der Waals surface area contributed by atoms with E-state index >= 15 is 0 Å². The molecular formula is C10H10O3. The maximum Gasteiger partial charge on any atom is 0.211 e. The second kappa shape index (κ2) is 3.70. The molecule has 0 spiro atoms. The first-order valence-corrected chi connectivity index (χ1v) is 4.09. The summed E-state index contributed by atoms with van der Waals surface area (Å²) in [5, 5.41) is 8.35. The van der Waals surface area contributed by atoms with E-state index in [1.807, 2.05) is 36.4 Å². The Kier molecular flexibility index (Phi) is 2.40. The standard InChI is InChI=1S/C10H10O3/c11-13-10-7-6-9(12-10)8-4-2-1-3-5-8/h1-7,9-11H. The largest absolute Gasteiger partial charge is 0.334 e. The summed E-state index contributed by atoms with van der Waals surface area (Å²) in [4.78, 5) is 4.05. The van der Waals surface area contributed by atoms with Gasteiger partial charge in [0.2, 0.25) is 6.29 Å². The minimum absolute atomic E-state index is 0.113. The number of benzene rings is 1. The molecule has 0 saturated heterocycles. The zero-order valence-corrected chi connectivity index (χ0v) is 6.96. The lowest BCUT2D eigenvalue weighted by Gasteiger charge is -2.11. The van der Waals surface area contributed by atoms with Crippen molar-refractivity contribution in [1.82, 2.24) is 0 Å². The van der Waals surface area contributed by atoms with E-state index in [9.17, 15) is 0 Å². The normalized spacial score (nSPS) is 26.5. The fraction of sp³-hybridized carbons (Fsp3) is 0.200. The van der Waals surface area contributed by atoms with Crippen LogP contribution in [0.2, 0.25) is 0 Å². The van der Waals surface area contributed by atoms with Gasteiger partial charge >= 0.3 is 0 Å². The first-order chi connectivity index (χ1) is 6.40. The van der Waals surface area contributed by atoms with Crippen molar-refractivity contribution in [2.24, 2.45) is 0 Å². The van der Waals surface area contributed by atoms with Crippen molar-refractivity contribution in [3.63, 3.8) is 0 Å². The van der Waals surface area contributed by atoms with Gasteiger partial charge in [0, 0.05) is 0 Å². The minimum Gasteiger partial charge on any atom is -0.334 e. The SMILES string of the molecule is OOC1C=CC(c2ccccc2)O1. The Bertz CT molecular complexity index is 294. The molecule has 0 fully saturated rings. The molecule has 1 aromatic carbocycles. The Labute approximate surface area is 76.1 Å². The zero-order chi connectivity index (χ0) is 9.10. The molecule has 68 valence electrons. The predicted molar refractivity (Wildman–Crippen MR) is 46.9 cm³/mol. The molecule has 1 aliphatic heterocycles. The van der Waals surface area contributed by atoms with Gasteiger partial charge in [0.05, 0.1) is 0 Å². The molecule has 0 radical (unpaired) electrons. The van der Waals surface area contributed by atoms with Gasteiger partial charge in [-0.3, -0.25) is 0 Å². The summed E-state index contributed by atoms with van der Waals surface area (Å²) in [6.07, 6.45) is 2.79. The minimum atomic E-state index is -0.634. The van der Waals surface area contributed by atoms with Gasteiger partial charge in [0.15, 0.2) is 0 Å². The van der Waals surface area contributed by atoms with Crippen molar-refractivity contribution < 1.29 is 14.9 Å². The van der Waals surface area contributed by atoms with Gasteiger partial charge in [0.25, 0.3) is 0 Å². The predicted octanol–water partition coefficient (Wildman–Crippen LogP) is 2.13. The van der Waals surface area contributed by atoms with Crippen LogP contribution >= 0.6 is 0 Å². The van der Waals surface area contributed by atoms with E-state index in [0.717, 1.165) is 5.56 Å². The maximum absolute atomic E-state index is 8.35. The fourth-order valence-electron chi connectivity index (χ4n) is 1.32. The van der Waals surface area contributed by atoms with E-state index < -0.39 is 6.29 Å². The van der Waals surface area contributed by atoms with Crippen molar-refractivity contribution in [2.75, 3.05) is 0 Å². The van der Waals surface area contributed by atoms with Crippen LogP contribution in [0.5, 0.6) is 0 Å². The van der Waals surface area contributed by atoms with Crippen molar-refractivity contribution in [2.45, 2.75) is 12.4 Å². The fourth-order valence-corrected chi connectivity index (χ4v) is 1.32. The Balaban J connectivity index is 2.09. The topological polar surface area (TPSA) is 38.7 Å². The lowest BCUT2D eigenvalue weighted by Crippen LogP contribution is -2.09. The zero-order valence-electron chi connectivity index (χ0n) is 6.96. The van der Waals surface area contributed by atoms with Crippen LogP contribution in [-0.4, -0.2) is 11.5 Å². The van der Waals surface area contributed by atoms with Crippen LogP contribution in [-0.2, 0) is 9.62 Å². The molecule has 2 atom stereocenters. The summed E-state index contributed by atoms with van der Waals surface area (Å²) >= 11 is 0. The van der Waals surface area contributed by atoms with Crippen LogP contribution in [0.15, 0.2) is 42.5 Å². The molecule has 0 aromatic heterocycles. The molecule has 0 amide bonds. The van der Waals surface area contributed by atoms with Crippen LogP contribution in [0, 0.1) is 0 Å². The van der Waals surface area contributed by atoms with E-state index in [0.29, 0.717) is 0 Å². The average molecular weight is 178 g/mol. The molecule has 1 N–H and O–H groups in total. The van der Waals surface area contributed by atoms with Crippen molar-refractivity contribution >= 4 is 0 Å². The first kappa shape index (κ1) is 8.44. The van der Waals surface area contributed by atoms with Gasteiger partial charge in [-0.1, -0.05) is 36.4 Å². The number of rotatable bonds is 2. The van der Waals surface area contributed by atoms with Gasteiger partial charge in [0.1, 0.15) is 6.10 Å². The summed E-state index contributed by atoms with van der Waals surface area (Å²) in [7, 11) is 0. The van der Waals surface area contributed by atoms with Crippen LogP contribution in [0.3, 0.4) is 0 Å². The molecule has 13 heavy (non-hydrogen) atoms. The molecule has 3 nitrogen and oxygen atoms in total. The van der Waals surface area contributed by atoms with Crippen LogP contribution in [0.4, 0.5) is 0 Å². The van der Waals surface area contributed by atoms with Gasteiger partial charge < -0.3 is 4.74 Å². The smallest absolute Gasteiger partial charge is 0.211 e. The van der Waals surface area contributed by atoms with E-state index in [1.54, 1.807) is 6.08 Å². The Morgan fingerprint density at radius 3 is 2.54 bits per heavy atom. The van der Waals surface area contributed by atoms with E-state index in [1.165, 1.54) is 0 Å². The lowest BCUT2D eigenvalue weighted by atomic mass is 10.1. The average Bonchev–Trinajstić information content (AvgIpc) is 2.67. The van der Waals surface area contributed by atoms with Crippen LogP contribution in [0.25, 0.3) is 0 Å². The summed E-state index contributed by atoms with van der Waals surface area (Å²) < 4.78 is 5.31. The molecule has 0 bridgehead atoms. The van der Waals surface area contributed by atoms with E-state index in [4.69, 9.17) is 9.99 Å². The third kappa shape index (κ3) is 1.78. The summed E-state index contributed by atoms with van der Waals surface area (Å²) in [5.41, 5.74) is 1.05. The van der Waals surface area contributed by atoms with Crippen LogP contribution in [0.1, 0.15) is 11.7 Å². The van der Waals surface area contributed by atoms with Gasteiger partial charge in [-0.05, 0) is 11.6 Å². The summed E-state index contributed by atoms with van der Waals surface area (Å²) in [6.45, 7) is 0. The summed E-state index contributed by atoms with van der Waals surface area (Å²) in [5.74, 6) is 0. The molecule has 3 heteroatoms. The molecule has 1 aliphatic rings. The monoisotopic (exact) mass is 178 g/mol. The van der Waals surface area contributed by atoms with Crippen molar-refractivity contribution in [3.05, 3.63) is 48.0 Å². The first-order valence-electron chi connectivity index (χ1n) is 4.09. The van der Waals surface area contributed by atoms with Crippen molar-refractivity contribution in [3.8, 4) is 0 Å². The molecular weight excluding hydrogens is 168 g/mol. The number of hydrogen-bond donors (Lipinski definition) is 1. The highest BCUT2D eigenvalue weighted by Gasteiger charge is 2.20. The van der Waals surface area contributed by atoms with E-state index in [2.05, 4.69) is 4.89 Å². The second-order valence-electron chi connectivity index (χ2n) is 2.83. The highest BCUT2D eigenvalue weighted by atomic mass is 17.1. The maximum atomic E-state index is 8.35. The third-order valence-electron chi connectivity index (χ3n) is 1.96. The number of hydrogen-bond acceptors (Lipinski definition) is 3. The Morgan fingerprint density at radius 2 is 1.92 bits per heavy atom. The van der Waals surface area contributed by atoms with E-state index in [-0.39, 0.29) is 6.10 Å². The molecule has 1 heterocycles. The quantitative estimate of drug-likeness (QED) is 0.428. The molecule has 0 saturated carbocycles. The van der Waals surface area contributed by atoms with Gasteiger partial charge in [-0.2, -0.15) is 0 Å². The molecule has 1 aromatic rings. The molecule has 2 rings (SSSR count). The second-order valence-corrected chi connectivity index (χ2v) is 2.83. The Hall–Kier alpha value is -1.16. The van der Waals surface area contributed by atoms with Gasteiger partial charge in [-0.15, -0.1) is 0 Å².